The number of H-pyrrole nitrogens is 1. The number of benzene rings is 1. The number of rotatable bonds is 3. The number of aromatic hydroxyl groups is 1. The number of aromatic nitrogens is 1. The van der Waals surface area contributed by atoms with Gasteiger partial charge in [-0.2, -0.15) is 0 Å². The predicted octanol–water partition coefficient (Wildman–Crippen LogP) is 1.57. The summed E-state index contributed by atoms with van der Waals surface area (Å²) in [6, 6.07) is 1.51. The molecule has 6 heteroatoms. The van der Waals surface area contributed by atoms with Crippen molar-refractivity contribution in [2.45, 2.75) is 6.92 Å². The van der Waals surface area contributed by atoms with Gasteiger partial charge in [0.2, 0.25) is 11.2 Å². The Balaban J connectivity index is 3.01. The summed E-state index contributed by atoms with van der Waals surface area (Å²) in [5.74, 6) is 0.790. The number of hydrogen-bond donors (Lipinski definition) is 2. The first kappa shape index (κ1) is 13.1. The van der Waals surface area contributed by atoms with Crippen LogP contribution in [-0.2, 0) is 0 Å². The van der Waals surface area contributed by atoms with Crippen molar-refractivity contribution in [3.8, 4) is 23.0 Å². The molecule has 0 fully saturated rings. The zero-order valence-corrected chi connectivity index (χ0v) is 11.2. The van der Waals surface area contributed by atoms with Crippen molar-refractivity contribution < 1.29 is 19.3 Å². The maximum atomic E-state index is 12.1. The van der Waals surface area contributed by atoms with Crippen LogP contribution in [0.5, 0.6) is 23.0 Å². The van der Waals surface area contributed by atoms with Gasteiger partial charge >= 0.3 is 0 Å². The molecule has 2 aromatic rings. The highest BCUT2D eigenvalue weighted by Crippen LogP contribution is 2.42. The van der Waals surface area contributed by atoms with Gasteiger partial charge in [0.1, 0.15) is 0 Å². The highest BCUT2D eigenvalue weighted by Gasteiger charge is 2.20. The lowest BCUT2D eigenvalue weighted by Crippen LogP contribution is -2.07. The van der Waals surface area contributed by atoms with E-state index in [1.165, 1.54) is 27.4 Å². The van der Waals surface area contributed by atoms with Crippen LogP contribution in [-0.4, -0.2) is 31.4 Å². The Morgan fingerprint density at radius 2 is 1.74 bits per heavy atom. The van der Waals surface area contributed by atoms with Gasteiger partial charge < -0.3 is 24.3 Å². The average molecular weight is 265 g/mol. The highest BCUT2D eigenvalue weighted by molar-refractivity contribution is 5.90. The number of nitrogens with one attached hydrogen (secondary N) is 1. The molecular weight excluding hydrogens is 250 g/mol. The second kappa shape index (κ2) is 4.72. The molecule has 2 N–H and O–H groups in total. The summed E-state index contributed by atoms with van der Waals surface area (Å²) >= 11 is 0. The molecule has 2 rings (SSSR count). The van der Waals surface area contributed by atoms with Crippen molar-refractivity contribution in [3.63, 3.8) is 0 Å². The monoisotopic (exact) mass is 265 g/mol. The molecule has 0 radical (unpaired) electrons. The van der Waals surface area contributed by atoms with Gasteiger partial charge in [-0.15, -0.1) is 0 Å². The minimum Gasteiger partial charge on any atom is -0.503 e. The molecule has 0 aliphatic rings. The van der Waals surface area contributed by atoms with Crippen LogP contribution in [0.3, 0.4) is 0 Å². The number of pyridine rings is 1. The van der Waals surface area contributed by atoms with Crippen LogP contribution in [0.2, 0.25) is 0 Å². The molecule has 1 aromatic carbocycles. The van der Waals surface area contributed by atoms with E-state index in [1.54, 1.807) is 6.92 Å². The zero-order valence-electron chi connectivity index (χ0n) is 11.2. The standard InChI is InChI=1S/C13H15NO5/c1-6-10(15)11(16)7-5-8(17-2)12(18-3)13(19-4)9(7)14-6/h5,15H,1-4H3,(H,14,16). The van der Waals surface area contributed by atoms with Gasteiger partial charge in [0.05, 0.1) is 37.9 Å². The normalized spacial score (nSPS) is 10.5. The van der Waals surface area contributed by atoms with Crippen LogP contribution < -0.4 is 19.6 Å². The Kier molecular flexibility index (Phi) is 3.25. The first-order valence-electron chi connectivity index (χ1n) is 5.59. The quantitative estimate of drug-likeness (QED) is 0.880. The molecule has 0 saturated heterocycles. The van der Waals surface area contributed by atoms with Crippen molar-refractivity contribution in [3.05, 3.63) is 22.0 Å². The fourth-order valence-electron chi connectivity index (χ4n) is 2.00. The van der Waals surface area contributed by atoms with E-state index in [0.717, 1.165) is 0 Å². The fourth-order valence-corrected chi connectivity index (χ4v) is 2.00. The van der Waals surface area contributed by atoms with Gasteiger partial charge in [0.25, 0.3) is 0 Å². The van der Waals surface area contributed by atoms with Crippen molar-refractivity contribution in [1.82, 2.24) is 4.98 Å². The SMILES string of the molecule is COc1cc2c(=O)c(O)c(C)[nH]c2c(OC)c1OC. The maximum absolute atomic E-state index is 12.1. The van der Waals surface area contributed by atoms with E-state index in [0.29, 0.717) is 28.5 Å². The predicted molar refractivity (Wildman–Crippen MR) is 70.6 cm³/mol. The van der Waals surface area contributed by atoms with Gasteiger partial charge in [-0.25, -0.2) is 0 Å². The molecule has 102 valence electrons. The van der Waals surface area contributed by atoms with Crippen LogP contribution in [0.25, 0.3) is 10.9 Å². The second-order valence-electron chi connectivity index (χ2n) is 4.00. The highest BCUT2D eigenvalue weighted by atomic mass is 16.5. The van der Waals surface area contributed by atoms with Crippen molar-refractivity contribution in [2.75, 3.05) is 21.3 Å². The van der Waals surface area contributed by atoms with Crippen molar-refractivity contribution >= 4 is 10.9 Å². The molecule has 0 aliphatic carbocycles. The number of aryl methyl sites for hydroxylation is 1. The van der Waals surface area contributed by atoms with Crippen molar-refractivity contribution in [1.29, 1.82) is 0 Å². The first-order valence-corrected chi connectivity index (χ1v) is 5.59. The van der Waals surface area contributed by atoms with E-state index in [4.69, 9.17) is 14.2 Å². The molecule has 0 amide bonds. The molecule has 0 unspecified atom stereocenters. The summed E-state index contributed by atoms with van der Waals surface area (Å²) < 4.78 is 15.7. The summed E-state index contributed by atoms with van der Waals surface area (Å²) in [5, 5.41) is 9.98. The molecule has 1 heterocycles. The molecule has 0 spiro atoms. The minimum absolute atomic E-state index is 0.276. The van der Waals surface area contributed by atoms with E-state index in [1.807, 2.05) is 0 Å². The van der Waals surface area contributed by atoms with Gasteiger partial charge in [0, 0.05) is 0 Å². The van der Waals surface area contributed by atoms with Crippen LogP contribution in [0.15, 0.2) is 10.9 Å². The molecule has 19 heavy (non-hydrogen) atoms. The Morgan fingerprint density at radius 1 is 1.11 bits per heavy atom. The van der Waals surface area contributed by atoms with Gasteiger partial charge in [-0.3, -0.25) is 4.79 Å². The Labute approximate surface area is 109 Å². The summed E-state index contributed by atoms with van der Waals surface area (Å²) in [4.78, 5) is 15.0. The summed E-state index contributed by atoms with van der Waals surface area (Å²) in [6.07, 6.45) is 0. The van der Waals surface area contributed by atoms with Crippen LogP contribution in [0, 0.1) is 6.92 Å². The Bertz CT molecular complexity index is 690. The van der Waals surface area contributed by atoms with Crippen LogP contribution in [0.1, 0.15) is 5.69 Å². The zero-order chi connectivity index (χ0) is 14.2. The molecule has 0 saturated carbocycles. The number of methoxy groups -OCH3 is 3. The van der Waals surface area contributed by atoms with E-state index in [-0.39, 0.29) is 11.1 Å². The molecule has 0 bridgehead atoms. The first-order chi connectivity index (χ1) is 9.04. The number of hydrogen-bond acceptors (Lipinski definition) is 5. The van der Waals surface area contributed by atoms with Crippen LogP contribution >= 0.6 is 0 Å². The second-order valence-corrected chi connectivity index (χ2v) is 4.00. The third-order valence-corrected chi connectivity index (χ3v) is 2.96. The van der Waals surface area contributed by atoms with Crippen LogP contribution in [0.4, 0.5) is 0 Å². The number of ether oxygens (including phenoxy) is 3. The average Bonchev–Trinajstić information content (AvgIpc) is 2.43. The third-order valence-electron chi connectivity index (χ3n) is 2.96. The lowest BCUT2D eigenvalue weighted by Gasteiger charge is -2.15. The Hall–Kier alpha value is -2.37. The molecule has 0 atom stereocenters. The molecular formula is C13H15NO5. The lowest BCUT2D eigenvalue weighted by molar-refractivity contribution is 0.326. The van der Waals surface area contributed by atoms with E-state index in [2.05, 4.69) is 4.98 Å². The fraction of sp³-hybridized carbons (Fsp3) is 0.308. The van der Waals surface area contributed by atoms with Gasteiger partial charge in [-0.05, 0) is 13.0 Å². The molecule has 6 nitrogen and oxygen atoms in total. The Morgan fingerprint density at radius 3 is 2.26 bits per heavy atom. The summed E-state index contributed by atoms with van der Waals surface area (Å²) in [6.45, 7) is 1.60. The lowest BCUT2D eigenvalue weighted by atomic mass is 10.1. The van der Waals surface area contributed by atoms with E-state index in [9.17, 15) is 9.90 Å². The van der Waals surface area contributed by atoms with Gasteiger partial charge in [0.15, 0.2) is 17.2 Å². The summed E-state index contributed by atoms with van der Waals surface area (Å²) in [7, 11) is 4.42. The third kappa shape index (κ3) is 1.85. The topological polar surface area (TPSA) is 80.8 Å². The smallest absolute Gasteiger partial charge is 0.231 e. The van der Waals surface area contributed by atoms with Crippen molar-refractivity contribution in [2.24, 2.45) is 0 Å². The number of fused-ring (bicyclic) bond motifs is 1. The number of aromatic amines is 1. The molecule has 0 aliphatic heterocycles. The maximum Gasteiger partial charge on any atom is 0.231 e. The van der Waals surface area contributed by atoms with E-state index >= 15 is 0 Å². The summed E-state index contributed by atoms with van der Waals surface area (Å²) in [5.41, 5.74) is 0.342. The van der Waals surface area contributed by atoms with E-state index < -0.39 is 5.43 Å². The largest absolute Gasteiger partial charge is 0.503 e. The van der Waals surface area contributed by atoms with Gasteiger partial charge in [-0.1, -0.05) is 0 Å². The minimum atomic E-state index is -0.481. The molecule has 1 aromatic heterocycles.